The van der Waals surface area contributed by atoms with Crippen molar-refractivity contribution >= 4 is 23.4 Å². The van der Waals surface area contributed by atoms with Crippen molar-refractivity contribution in [3.63, 3.8) is 0 Å². The number of aryl methyl sites for hydroxylation is 1. The summed E-state index contributed by atoms with van der Waals surface area (Å²) in [6.45, 7) is -0.0325. The van der Waals surface area contributed by atoms with Crippen molar-refractivity contribution in [1.29, 1.82) is 0 Å². The standard InChI is InChI=1S/C23H22F2N6O4/c24-18-4-2-15(9-19(18)25)23(34)26-11-16-12-31(30-28-16)17(10-22(33)29-35)8-13-1-5-20-14(7-13)3-6-21(32)27-20/h1-2,4-5,7,9,12,17,35H,3,6,8,10-11H2,(H,26,34)(H,27,32)(H,29,33)/t17-/m1/s1. The molecule has 0 aliphatic carbocycles. The number of fused-ring (bicyclic) bond motifs is 1. The van der Waals surface area contributed by atoms with E-state index in [0.29, 0.717) is 25.0 Å². The highest BCUT2D eigenvalue weighted by molar-refractivity contribution is 5.94. The van der Waals surface area contributed by atoms with Gasteiger partial charge in [0.25, 0.3) is 5.91 Å². The van der Waals surface area contributed by atoms with E-state index in [1.165, 1.54) is 4.68 Å². The fraction of sp³-hybridized carbons (Fsp3) is 0.261. The molecule has 0 radical (unpaired) electrons. The molecule has 3 amide bonds. The molecule has 1 atom stereocenters. The topological polar surface area (TPSA) is 138 Å². The van der Waals surface area contributed by atoms with Crippen LogP contribution < -0.4 is 16.1 Å². The average Bonchev–Trinajstić information content (AvgIpc) is 3.33. The van der Waals surface area contributed by atoms with E-state index in [0.717, 1.165) is 35.0 Å². The van der Waals surface area contributed by atoms with Gasteiger partial charge in [0, 0.05) is 17.7 Å². The van der Waals surface area contributed by atoms with Gasteiger partial charge in [-0.25, -0.2) is 18.9 Å². The number of rotatable bonds is 8. The third-order valence-electron chi connectivity index (χ3n) is 5.63. The molecule has 10 nitrogen and oxygen atoms in total. The van der Waals surface area contributed by atoms with Gasteiger partial charge < -0.3 is 10.6 Å². The number of hydrogen-bond donors (Lipinski definition) is 4. The summed E-state index contributed by atoms with van der Waals surface area (Å²) in [7, 11) is 0. The molecular weight excluding hydrogens is 462 g/mol. The molecule has 0 unspecified atom stereocenters. The van der Waals surface area contributed by atoms with Gasteiger partial charge in [-0.2, -0.15) is 0 Å². The lowest BCUT2D eigenvalue weighted by Crippen LogP contribution is -2.25. The van der Waals surface area contributed by atoms with Crippen molar-refractivity contribution in [3.05, 3.63) is 76.6 Å². The van der Waals surface area contributed by atoms with Gasteiger partial charge in [-0.15, -0.1) is 5.10 Å². The fourth-order valence-corrected chi connectivity index (χ4v) is 3.84. The number of carbonyl (C=O) groups excluding carboxylic acids is 3. The molecule has 12 heteroatoms. The zero-order valence-corrected chi connectivity index (χ0v) is 18.4. The van der Waals surface area contributed by atoms with Gasteiger partial charge in [0.2, 0.25) is 11.8 Å². The summed E-state index contributed by atoms with van der Waals surface area (Å²) >= 11 is 0. The van der Waals surface area contributed by atoms with Crippen LogP contribution in [0, 0.1) is 11.6 Å². The summed E-state index contributed by atoms with van der Waals surface area (Å²) in [5.41, 5.74) is 4.60. The molecule has 2 aromatic carbocycles. The maximum Gasteiger partial charge on any atom is 0.251 e. The Morgan fingerprint density at radius 1 is 1.14 bits per heavy atom. The molecule has 0 saturated heterocycles. The molecule has 4 rings (SSSR count). The summed E-state index contributed by atoms with van der Waals surface area (Å²) in [6.07, 6.45) is 2.86. The van der Waals surface area contributed by atoms with Gasteiger partial charge in [0.15, 0.2) is 11.6 Å². The summed E-state index contributed by atoms with van der Waals surface area (Å²) < 4.78 is 27.9. The number of hydroxylamine groups is 1. The Kier molecular flexibility index (Phi) is 7.11. The molecule has 35 heavy (non-hydrogen) atoms. The van der Waals surface area contributed by atoms with E-state index in [1.54, 1.807) is 11.7 Å². The zero-order chi connectivity index (χ0) is 24.9. The third kappa shape index (κ3) is 5.84. The lowest BCUT2D eigenvalue weighted by Gasteiger charge is -2.20. The first kappa shape index (κ1) is 24.0. The molecule has 1 aliphatic heterocycles. The van der Waals surface area contributed by atoms with E-state index in [-0.39, 0.29) is 24.4 Å². The number of nitrogens with one attached hydrogen (secondary N) is 3. The normalized spacial score (nSPS) is 13.5. The molecular formula is C23H22F2N6O4. The molecule has 182 valence electrons. The van der Waals surface area contributed by atoms with Crippen LogP contribution in [0.4, 0.5) is 14.5 Å². The highest BCUT2D eigenvalue weighted by Gasteiger charge is 2.21. The Morgan fingerprint density at radius 2 is 1.97 bits per heavy atom. The predicted molar refractivity (Wildman–Crippen MR) is 118 cm³/mol. The van der Waals surface area contributed by atoms with Gasteiger partial charge in [0.1, 0.15) is 5.69 Å². The molecule has 4 N–H and O–H groups in total. The second kappa shape index (κ2) is 10.4. The second-order valence-electron chi connectivity index (χ2n) is 8.14. The minimum Gasteiger partial charge on any atom is -0.346 e. The van der Waals surface area contributed by atoms with Gasteiger partial charge in [-0.1, -0.05) is 17.3 Å². The number of halogens is 2. The Balaban J connectivity index is 1.45. The van der Waals surface area contributed by atoms with Gasteiger partial charge in [-0.05, 0) is 48.2 Å². The van der Waals surface area contributed by atoms with Crippen molar-refractivity contribution in [2.24, 2.45) is 0 Å². The highest BCUT2D eigenvalue weighted by atomic mass is 19.2. The zero-order valence-electron chi connectivity index (χ0n) is 18.4. The Bertz CT molecular complexity index is 1280. The van der Waals surface area contributed by atoms with Crippen LogP contribution >= 0.6 is 0 Å². The fourth-order valence-electron chi connectivity index (χ4n) is 3.84. The molecule has 0 bridgehead atoms. The summed E-state index contributed by atoms with van der Waals surface area (Å²) in [6, 6.07) is 7.94. The van der Waals surface area contributed by atoms with Crippen molar-refractivity contribution in [1.82, 2.24) is 25.8 Å². The molecule has 1 aromatic heterocycles. The Hall–Kier alpha value is -4.19. The number of benzene rings is 2. The van der Waals surface area contributed by atoms with Crippen molar-refractivity contribution in [3.8, 4) is 0 Å². The summed E-state index contributed by atoms with van der Waals surface area (Å²) in [5, 5.41) is 22.4. The lowest BCUT2D eigenvalue weighted by atomic mass is 9.96. The smallest absolute Gasteiger partial charge is 0.251 e. The average molecular weight is 484 g/mol. The minimum absolute atomic E-state index is 0.0325. The number of anilines is 1. The van der Waals surface area contributed by atoms with Gasteiger partial charge >= 0.3 is 0 Å². The summed E-state index contributed by atoms with van der Waals surface area (Å²) in [4.78, 5) is 35.7. The maximum absolute atomic E-state index is 13.4. The number of hydrogen-bond acceptors (Lipinski definition) is 6. The van der Waals surface area contributed by atoms with Crippen LogP contribution in [-0.4, -0.2) is 37.9 Å². The van der Waals surface area contributed by atoms with Crippen LogP contribution in [0.15, 0.2) is 42.6 Å². The number of carbonyl (C=O) groups is 3. The van der Waals surface area contributed by atoms with E-state index < -0.39 is 29.5 Å². The van der Waals surface area contributed by atoms with E-state index in [2.05, 4.69) is 20.9 Å². The molecule has 2 heterocycles. The highest BCUT2D eigenvalue weighted by Crippen LogP contribution is 2.26. The first-order valence-corrected chi connectivity index (χ1v) is 10.8. The molecule has 0 saturated carbocycles. The van der Waals surface area contributed by atoms with Crippen LogP contribution in [0.5, 0.6) is 0 Å². The Labute approximate surface area is 198 Å². The lowest BCUT2D eigenvalue weighted by molar-refractivity contribution is -0.130. The number of nitrogens with zero attached hydrogens (tertiary/aromatic N) is 3. The van der Waals surface area contributed by atoms with Crippen molar-refractivity contribution in [2.75, 3.05) is 5.32 Å². The quantitative estimate of drug-likeness (QED) is 0.285. The van der Waals surface area contributed by atoms with Crippen molar-refractivity contribution < 1.29 is 28.4 Å². The first-order chi connectivity index (χ1) is 16.8. The van der Waals surface area contributed by atoms with E-state index in [4.69, 9.17) is 5.21 Å². The van der Waals surface area contributed by atoms with Crippen LogP contribution in [0.25, 0.3) is 0 Å². The minimum atomic E-state index is -1.13. The van der Waals surface area contributed by atoms with Gasteiger partial charge in [-0.3, -0.25) is 19.6 Å². The van der Waals surface area contributed by atoms with Crippen LogP contribution in [0.1, 0.15) is 46.1 Å². The molecule has 3 aromatic rings. The summed E-state index contributed by atoms with van der Waals surface area (Å²) in [5.74, 6) is -3.43. The SMILES string of the molecule is O=C(C[C@@H](Cc1ccc2c(c1)CCC(=O)N2)n1cc(CNC(=O)c2ccc(F)c(F)c2)nn1)NO. The Morgan fingerprint density at radius 3 is 2.74 bits per heavy atom. The number of amides is 3. The molecule has 0 fully saturated rings. The monoisotopic (exact) mass is 484 g/mol. The molecule has 0 spiro atoms. The predicted octanol–water partition coefficient (Wildman–Crippen LogP) is 2.05. The van der Waals surface area contributed by atoms with Crippen molar-refractivity contribution in [2.45, 2.75) is 38.3 Å². The van der Waals surface area contributed by atoms with Crippen LogP contribution in [0.2, 0.25) is 0 Å². The first-order valence-electron chi connectivity index (χ1n) is 10.8. The second-order valence-corrected chi connectivity index (χ2v) is 8.14. The number of aromatic nitrogens is 3. The van der Waals surface area contributed by atoms with E-state index >= 15 is 0 Å². The van der Waals surface area contributed by atoms with E-state index in [9.17, 15) is 23.2 Å². The van der Waals surface area contributed by atoms with Crippen LogP contribution in [-0.2, 0) is 29.0 Å². The van der Waals surface area contributed by atoms with Crippen LogP contribution in [0.3, 0.4) is 0 Å². The van der Waals surface area contributed by atoms with E-state index in [1.807, 2.05) is 18.2 Å². The third-order valence-corrected chi connectivity index (χ3v) is 5.63. The largest absolute Gasteiger partial charge is 0.346 e. The van der Waals surface area contributed by atoms with Gasteiger partial charge in [0.05, 0.1) is 25.2 Å². The maximum atomic E-state index is 13.4. The molecule has 1 aliphatic rings.